The molecule has 3 heterocycles. The molecular formula is C25H25N7O2. The average Bonchev–Trinajstić information content (AvgIpc) is 2.88. The molecule has 0 saturated carbocycles. The van der Waals surface area contributed by atoms with Crippen molar-refractivity contribution in [2.24, 2.45) is 0 Å². The van der Waals surface area contributed by atoms with E-state index in [1.54, 1.807) is 24.5 Å². The first-order valence-electron chi connectivity index (χ1n) is 11.2. The molecule has 1 fully saturated rings. The Labute approximate surface area is 197 Å². The van der Waals surface area contributed by atoms with Crippen molar-refractivity contribution in [1.82, 2.24) is 24.8 Å². The van der Waals surface area contributed by atoms with Crippen molar-refractivity contribution in [3.8, 4) is 0 Å². The van der Waals surface area contributed by atoms with E-state index in [1.165, 1.54) is 0 Å². The number of fused-ring (bicyclic) bond motifs is 1. The van der Waals surface area contributed by atoms with Crippen LogP contribution in [0.5, 0.6) is 0 Å². The van der Waals surface area contributed by atoms with Crippen molar-refractivity contribution in [2.75, 3.05) is 36.4 Å². The third-order valence-corrected chi connectivity index (χ3v) is 5.88. The van der Waals surface area contributed by atoms with Gasteiger partial charge in [-0.1, -0.05) is 24.3 Å². The van der Waals surface area contributed by atoms with E-state index in [9.17, 15) is 4.79 Å². The predicted molar refractivity (Wildman–Crippen MR) is 130 cm³/mol. The van der Waals surface area contributed by atoms with E-state index in [1.807, 2.05) is 42.5 Å². The maximum Gasteiger partial charge on any atom is 0.335 e. The highest BCUT2D eigenvalue weighted by atomic mass is 16.4. The van der Waals surface area contributed by atoms with Crippen LogP contribution >= 0.6 is 0 Å². The molecule has 2 aromatic heterocycles. The monoisotopic (exact) mass is 455 g/mol. The third-order valence-electron chi connectivity index (χ3n) is 5.88. The van der Waals surface area contributed by atoms with E-state index < -0.39 is 5.97 Å². The van der Waals surface area contributed by atoms with Gasteiger partial charge >= 0.3 is 5.97 Å². The molecule has 0 bridgehead atoms. The lowest BCUT2D eigenvalue weighted by Crippen LogP contribution is -2.46. The highest BCUT2D eigenvalue weighted by Gasteiger charge is 2.20. The highest BCUT2D eigenvalue weighted by molar-refractivity contribution is 5.89. The number of hydrogen-bond acceptors (Lipinski definition) is 8. The molecule has 9 heteroatoms. The van der Waals surface area contributed by atoms with Gasteiger partial charge in [-0.2, -0.15) is 0 Å². The molecule has 2 N–H and O–H groups in total. The highest BCUT2D eigenvalue weighted by Crippen LogP contribution is 2.22. The zero-order valence-electron chi connectivity index (χ0n) is 18.6. The molecule has 0 spiro atoms. The molecule has 4 aromatic rings. The van der Waals surface area contributed by atoms with Crippen molar-refractivity contribution in [3.05, 3.63) is 83.9 Å². The van der Waals surface area contributed by atoms with E-state index in [0.29, 0.717) is 13.1 Å². The number of para-hydroxylation sites is 1. The van der Waals surface area contributed by atoms with Gasteiger partial charge in [0.2, 0.25) is 5.95 Å². The van der Waals surface area contributed by atoms with Crippen molar-refractivity contribution < 1.29 is 9.90 Å². The quantitative estimate of drug-likeness (QED) is 0.435. The summed E-state index contributed by atoms with van der Waals surface area (Å²) in [7, 11) is 0. The van der Waals surface area contributed by atoms with E-state index in [0.717, 1.165) is 60.2 Å². The van der Waals surface area contributed by atoms with Gasteiger partial charge in [-0.25, -0.2) is 24.7 Å². The first-order valence-corrected chi connectivity index (χ1v) is 11.2. The fourth-order valence-electron chi connectivity index (χ4n) is 4.04. The van der Waals surface area contributed by atoms with E-state index in [4.69, 9.17) is 15.1 Å². The summed E-state index contributed by atoms with van der Waals surface area (Å²) in [5.41, 5.74) is 2.15. The Balaban J connectivity index is 1.28. The van der Waals surface area contributed by atoms with Gasteiger partial charge in [0.25, 0.3) is 0 Å². The van der Waals surface area contributed by atoms with Gasteiger partial charge in [-0.15, -0.1) is 0 Å². The van der Waals surface area contributed by atoms with Crippen LogP contribution in [0.1, 0.15) is 21.7 Å². The Hall–Kier alpha value is -4.11. The molecule has 9 nitrogen and oxygen atoms in total. The largest absolute Gasteiger partial charge is 0.478 e. The molecule has 0 radical (unpaired) electrons. The molecule has 172 valence electrons. The van der Waals surface area contributed by atoms with Crippen molar-refractivity contribution >= 4 is 28.6 Å². The number of carboxylic acids is 1. The number of piperazine rings is 1. The van der Waals surface area contributed by atoms with Crippen LogP contribution in [0.15, 0.2) is 67.0 Å². The molecule has 1 aliphatic rings. The van der Waals surface area contributed by atoms with Gasteiger partial charge in [0.15, 0.2) is 0 Å². The number of carboxylic acid groups (broad SMARTS) is 1. The van der Waals surface area contributed by atoms with Gasteiger partial charge in [-0.05, 0) is 35.9 Å². The predicted octanol–water partition coefficient (Wildman–Crippen LogP) is 3.05. The first-order chi connectivity index (χ1) is 16.7. The normalized spacial score (nSPS) is 14.3. The summed E-state index contributed by atoms with van der Waals surface area (Å²) in [6, 6.07) is 16.6. The first kappa shape index (κ1) is 21.7. The Morgan fingerprint density at radius 1 is 0.912 bits per heavy atom. The van der Waals surface area contributed by atoms with Gasteiger partial charge < -0.3 is 15.3 Å². The maximum atomic E-state index is 11.1. The zero-order valence-corrected chi connectivity index (χ0v) is 18.6. The Bertz CT molecular complexity index is 1270. The molecule has 1 saturated heterocycles. The van der Waals surface area contributed by atoms with Crippen molar-refractivity contribution in [1.29, 1.82) is 0 Å². The van der Waals surface area contributed by atoms with Gasteiger partial charge in [0.1, 0.15) is 11.6 Å². The van der Waals surface area contributed by atoms with Gasteiger partial charge in [0.05, 0.1) is 17.6 Å². The van der Waals surface area contributed by atoms with Gasteiger partial charge in [-0.3, -0.25) is 4.90 Å². The van der Waals surface area contributed by atoms with Crippen LogP contribution < -0.4 is 10.2 Å². The molecule has 2 aromatic carbocycles. The molecule has 0 unspecified atom stereocenters. The van der Waals surface area contributed by atoms with E-state index >= 15 is 0 Å². The number of rotatable bonds is 7. The average molecular weight is 456 g/mol. The van der Waals surface area contributed by atoms with Crippen LogP contribution in [-0.2, 0) is 13.1 Å². The van der Waals surface area contributed by atoms with Crippen molar-refractivity contribution in [2.45, 2.75) is 13.1 Å². The lowest BCUT2D eigenvalue weighted by molar-refractivity contribution is 0.0697. The topological polar surface area (TPSA) is 107 Å². The standard InChI is InChI=1S/C25H25N7O2/c33-24(34)19-8-6-18(7-9-19)16-28-23-20-4-1-2-5-21(20)29-22(30-23)17-31-12-14-32(15-13-31)25-26-10-3-11-27-25/h1-11H,12-17H2,(H,33,34)(H,28,29,30). The molecule has 1 aliphatic heterocycles. The molecule has 5 rings (SSSR count). The number of benzene rings is 2. The minimum absolute atomic E-state index is 0.275. The lowest BCUT2D eigenvalue weighted by Gasteiger charge is -2.34. The zero-order chi connectivity index (χ0) is 23.3. The van der Waals surface area contributed by atoms with E-state index in [-0.39, 0.29) is 5.56 Å². The molecule has 0 amide bonds. The molecule has 34 heavy (non-hydrogen) atoms. The minimum Gasteiger partial charge on any atom is -0.478 e. The van der Waals surface area contributed by atoms with Crippen molar-refractivity contribution in [3.63, 3.8) is 0 Å². The fraction of sp³-hybridized carbons (Fsp3) is 0.240. The number of carbonyl (C=O) groups is 1. The summed E-state index contributed by atoms with van der Waals surface area (Å²) >= 11 is 0. The summed E-state index contributed by atoms with van der Waals surface area (Å²) in [5.74, 6) is 1.39. The van der Waals surface area contributed by atoms with Crippen LogP contribution in [0.3, 0.4) is 0 Å². The number of aromatic carboxylic acids is 1. The second-order valence-electron chi connectivity index (χ2n) is 8.17. The summed E-state index contributed by atoms with van der Waals surface area (Å²) < 4.78 is 0. The molecule has 0 atom stereocenters. The molecule has 0 aliphatic carbocycles. The second kappa shape index (κ2) is 9.80. The van der Waals surface area contributed by atoms with Crippen LogP contribution in [0, 0.1) is 0 Å². The lowest BCUT2D eigenvalue weighted by atomic mass is 10.1. The number of hydrogen-bond donors (Lipinski definition) is 2. The van der Waals surface area contributed by atoms with Crippen LogP contribution in [0.4, 0.5) is 11.8 Å². The van der Waals surface area contributed by atoms with Crippen LogP contribution in [-0.4, -0.2) is 62.1 Å². The Kier molecular flexibility index (Phi) is 6.26. The summed E-state index contributed by atoms with van der Waals surface area (Å²) in [5, 5.41) is 13.5. The summed E-state index contributed by atoms with van der Waals surface area (Å²) in [6.07, 6.45) is 3.54. The third kappa shape index (κ3) is 4.94. The number of nitrogens with one attached hydrogen (secondary N) is 1. The van der Waals surface area contributed by atoms with Crippen LogP contribution in [0.25, 0.3) is 10.9 Å². The van der Waals surface area contributed by atoms with Gasteiger partial charge in [0, 0.05) is 50.5 Å². The fourth-order valence-corrected chi connectivity index (χ4v) is 4.04. The Morgan fingerprint density at radius 3 is 2.38 bits per heavy atom. The number of nitrogens with zero attached hydrogens (tertiary/aromatic N) is 6. The Morgan fingerprint density at radius 2 is 1.65 bits per heavy atom. The van der Waals surface area contributed by atoms with Crippen LogP contribution in [0.2, 0.25) is 0 Å². The minimum atomic E-state index is -0.928. The number of aromatic nitrogens is 4. The maximum absolute atomic E-state index is 11.1. The summed E-state index contributed by atoms with van der Waals surface area (Å²) in [4.78, 5) is 34.0. The smallest absolute Gasteiger partial charge is 0.335 e. The number of anilines is 2. The molecular weight excluding hydrogens is 430 g/mol. The van der Waals surface area contributed by atoms with E-state index in [2.05, 4.69) is 25.1 Å². The second-order valence-corrected chi connectivity index (χ2v) is 8.17. The summed E-state index contributed by atoms with van der Waals surface area (Å²) in [6.45, 7) is 4.68. The SMILES string of the molecule is O=C(O)c1ccc(CNc2nc(CN3CCN(c4ncccn4)CC3)nc3ccccc23)cc1.